The van der Waals surface area contributed by atoms with Crippen molar-refractivity contribution in [2.75, 3.05) is 43.7 Å². The summed E-state index contributed by atoms with van der Waals surface area (Å²) in [5.41, 5.74) is 1.39. The summed E-state index contributed by atoms with van der Waals surface area (Å²) in [5, 5.41) is 2.76. The molecule has 1 heterocycles. The molecule has 0 unspecified atom stereocenters. The third kappa shape index (κ3) is 5.13. The monoisotopic (exact) mass is 427 g/mol. The molecule has 0 saturated carbocycles. The van der Waals surface area contributed by atoms with Crippen LogP contribution in [0.4, 0.5) is 11.4 Å². The van der Waals surface area contributed by atoms with Crippen LogP contribution in [-0.4, -0.2) is 56.1 Å². The van der Waals surface area contributed by atoms with Crippen LogP contribution in [0.5, 0.6) is 5.75 Å². The van der Waals surface area contributed by atoms with Crippen molar-refractivity contribution in [3.8, 4) is 5.75 Å². The normalized spacial score (nSPS) is 15.8. The molecule has 1 aliphatic rings. The van der Waals surface area contributed by atoms with Gasteiger partial charge in [-0.25, -0.2) is 0 Å². The van der Waals surface area contributed by atoms with Crippen molar-refractivity contribution in [3.63, 3.8) is 0 Å². The maximum absolute atomic E-state index is 12.8. The Labute approximate surface area is 180 Å². The number of likely N-dealkylation sites (N-methyl/N-ethyl adjacent to an activating group) is 1. The van der Waals surface area contributed by atoms with Gasteiger partial charge < -0.3 is 19.9 Å². The molecule has 1 aliphatic heterocycles. The van der Waals surface area contributed by atoms with E-state index in [1.807, 2.05) is 30.5 Å². The number of hydrogen-bond acceptors (Lipinski definition) is 5. The van der Waals surface area contributed by atoms with E-state index in [0.717, 1.165) is 10.6 Å². The molecule has 0 aliphatic carbocycles. The number of benzene rings is 2. The van der Waals surface area contributed by atoms with Gasteiger partial charge in [0.25, 0.3) is 0 Å². The zero-order chi connectivity index (χ0) is 21.7. The predicted molar refractivity (Wildman–Crippen MR) is 118 cm³/mol. The number of ether oxygens (including phenoxy) is 1. The van der Waals surface area contributed by atoms with Crippen molar-refractivity contribution >= 4 is 40.9 Å². The summed E-state index contributed by atoms with van der Waals surface area (Å²) >= 11 is 1.60. The van der Waals surface area contributed by atoms with E-state index in [1.54, 1.807) is 55.1 Å². The fraction of sp³-hybridized carbons (Fsp3) is 0.318. The second-order valence-electron chi connectivity index (χ2n) is 7.08. The Morgan fingerprint density at radius 1 is 1.23 bits per heavy atom. The first kappa shape index (κ1) is 21.7. The van der Waals surface area contributed by atoms with Gasteiger partial charge in [-0.05, 0) is 36.6 Å². The van der Waals surface area contributed by atoms with Gasteiger partial charge in [-0.3, -0.25) is 14.4 Å². The van der Waals surface area contributed by atoms with Crippen molar-refractivity contribution in [1.29, 1.82) is 0 Å². The van der Waals surface area contributed by atoms with E-state index in [4.69, 9.17) is 4.74 Å². The van der Waals surface area contributed by atoms with Crippen molar-refractivity contribution in [1.82, 2.24) is 4.90 Å². The minimum absolute atomic E-state index is 0.0826. The fourth-order valence-electron chi connectivity index (χ4n) is 3.41. The van der Waals surface area contributed by atoms with Crippen molar-refractivity contribution < 1.29 is 19.1 Å². The van der Waals surface area contributed by atoms with E-state index in [1.165, 1.54) is 4.90 Å². The van der Waals surface area contributed by atoms with E-state index in [0.29, 0.717) is 18.0 Å². The van der Waals surface area contributed by atoms with Crippen LogP contribution in [-0.2, 0) is 14.4 Å². The highest BCUT2D eigenvalue weighted by Crippen LogP contribution is 2.29. The average Bonchev–Trinajstić information content (AvgIpc) is 3.14. The smallest absolute Gasteiger partial charge is 0.243 e. The molecule has 0 aromatic heterocycles. The number of thioether (sulfide) groups is 1. The van der Waals surface area contributed by atoms with Gasteiger partial charge in [0.05, 0.1) is 19.6 Å². The zero-order valence-electron chi connectivity index (χ0n) is 17.3. The summed E-state index contributed by atoms with van der Waals surface area (Å²) in [6.07, 6.45) is 2.12. The molecule has 1 fully saturated rings. The highest BCUT2D eigenvalue weighted by molar-refractivity contribution is 7.98. The molecular formula is C22H25N3O4S. The minimum atomic E-state index is -0.468. The highest BCUT2D eigenvalue weighted by Gasteiger charge is 2.36. The first-order valence-corrected chi connectivity index (χ1v) is 10.8. The Morgan fingerprint density at radius 3 is 2.73 bits per heavy atom. The van der Waals surface area contributed by atoms with Crippen LogP contribution in [0.1, 0.15) is 6.42 Å². The van der Waals surface area contributed by atoms with E-state index in [9.17, 15) is 14.4 Å². The average molecular weight is 428 g/mol. The molecule has 1 atom stereocenters. The van der Waals surface area contributed by atoms with Crippen molar-refractivity contribution in [3.05, 3.63) is 48.5 Å². The lowest BCUT2D eigenvalue weighted by Crippen LogP contribution is -2.39. The second-order valence-corrected chi connectivity index (χ2v) is 7.96. The van der Waals surface area contributed by atoms with Crippen molar-refractivity contribution in [2.45, 2.75) is 11.3 Å². The van der Waals surface area contributed by atoms with Gasteiger partial charge in [0.15, 0.2) is 0 Å². The number of methoxy groups -OCH3 is 1. The fourth-order valence-corrected chi connectivity index (χ4v) is 3.86. The molecular weight excluding hydrogens is 402 g/mol. The number of rotatable bonds is 7. The van der Waals surface area contributed by atoms with E-state index >= 15 is 0 Å². The minimum Gasteiger partial charge on any atom is -0.497 e. The molecule has 7 nitrogen and oxygen atoms in total. The summed E-state index contributed by atoms with van der Waals surface area (Å²) in [5.74, 6) is -0.446. The summed E-state index contributed by atoms with van der Waals surface area (Å²) < 4.78 is 5.14. The van der Waals surface area contributed by atoms with Gasteiger partial charge in [0, 0.05) is 42.3 Å². The summed E-state index contributed by atoms with van der Waals surface area (Å²) in [6.45, 7) is 0.222. The topological polar surface area (TPSA) is 79.0 Å². The number of carbonyl (C=O) groups is 3. The van der Waals surface area contributed by atoms with Crippen LogP contribution >= 0.6 is 11.8 Å². The Hall–Kier alpha value is -3.00. The van der Waals surface area contributed by atoms with Gasteiger partial charge in [-0.1, -0.05) is 12.1 Å². The number of nitrogens with one attached hydrogen (secondary N) is 1. The molecule has 3 rings (SSSR count). The Balaban J connectivity index is 1.59. The van der Waals surface area contributed by atoms with Gasteiger partial charge in [0.1, 0.15) is 5.75 Å². The van der Waals surface area contributed by atoms with Crippen LogP contribution < -0.4 is 15.0 Å². The number of hydrogen-bond donors (Lipinski definition) is 1. The number of nitrogens with zero attached hydrogens (tertiary/aromatic N) is 2. The molecule has 30 heavy (non-hydrogen) atoms. The Kier molecular flexibility index (Phi) is 6.99. The summed E-state index contributed by atoms with van der Waals surface area (Å²) in [7, 11) is 3.13. The van der Waals surface area contributed by atoms with E-state index < -0.39 is 5.92 Å². The SMILES string of the molecule is COc1cccc(NC(=O)CN(C)C(=O)[C@H]2CC(=O)N(c3cccc(SC)c3)C2)c1. The lowest BCUT2D eigenvalue weighted by atomic mass is 10.1. The van der Waals surface area contributed by atoms with E-state index in [2.05, 4.69) is 5.32 Å². The molecule has 1 saturated heterocycles. The van der Waals surface area contributed by atoms with Crippen LogP contribution in [0.3, 0.4) is 0 Å². The second kappa shape index (κ2) is 9.67. The largest absolute Gasteiger partial charge is 0.497 e. The molecule has 2 aromatic rings. The van der Waals surface area contributed by atoms with Gasteiger partial charge in [-0.15, -0.1) is 11.8 Å². The molecule has 8 heteroatoms. The lowest BCUT2D eigenvalue weighted by Gasteiger charge is -2.21. The number of anilines is 2. The molecule has 158 valence electrons. The van der Waals surface area contributed by atoms with Crippen molar-refractivity contribution in [2.24, 2.45) is 5.92 Å². The van der Waals surface area contributed by atoms with Gasteiger partial charge in [-0.2, -0.15) is 0 Å². The highest BCUT2D eigenvalue weighted by atomic mass is 32.2. The Morgan fingerprint density at radius 2 is 2.00 bits per heavy atom. The van der Waals surface area contributed by atoms with Gasteiger partial charge in [0.2, 0.25) is 17.7 Å². The quantitative estimate of drug-likeness (QED) is 0.688. The first-order valence-electron chi connectivity index (χ1n) is 9.54. The number of amides is 3. The third-order valence-electron chi connectivity index (χ3n) is 4.95. The molecule has 0 spiro atoms. The third-order valence-corrected chi connectivity index (χ3v) is 5.68. The summed E-state index contributed by atoms with van der Waals surface area (Å²) in [4.78, 5) is 41.7. The molecule has 1 N–H and O–H groups in total. The zero-order valence-corrected chi connectivity index (χ0v) is 18.1. The summed E-state index contributed by atoms with van der Waals surface area (Å²) in [6, 6.07) is 14.7. The molecule has 2 aromatic carbocycles. The molecule has 0 bridgehead atoms. The lowest BCUT2D eigenvalue weighted by molar-refractivity contribution is -0.137. The number of carbonyl (C=O) groups excluding carboxylic acids is 3. The Bertz CT molecular complexity index is 949. The maximum atomic E-state index is 12.8. The first-order chi connectivity index (χ1) is 14.4. The van der Waals surface area contributed by atoms with Crippen LogP contribution in [0, 0.1) is 5.92 Å². The van der Waals surface area contributed by atoms with Crippen LogP contribution in [0.2, 0.25) is 0 Å². The standard InChI is InChI=1S/C22H25N3O4S/c1-24(14-20(26)23-16-6-4-8-18(11-16)29-2)22(28)15-10-21(27)25(13-15)17-7-5-9-19(12-17)30-3/h4-9,11-12,15H,10,13-14H2,1-3H3,(H,23,26)/t15-/m0/s1. The molecule has 0 radical (unpaired) electrons. The molecule has 3 amide bonds. The maximum Gasteiger partial charge on any atom is 0.243 e. The van der Waals surface area contributed by atoms with E-state index in [-0.39, 0.29) is 30.7 Å². The van der Waals surface area contributed by atoms with Gasteiger partial charge >= 0.3 is 0 Å². The predicted octanol–water partition coefficient (Wildman–Crippen LogP) is 2.87. The van der Waals surface area contributed by atoms with Crippen LogP contribution in [0.25, 0.3) is 0 Å². The van der Waals surface area contributed by atoms with Crippen LogP contribution in [0.15, 0.2) is 53.4 Å².